The fraction of sp³-hybridized carbons (Fsp3) is 0.258. The highest BCUT2D eigenvalue weighted by Crippen LogP contribution is 2.44. The number of rotatable bonds is 8. The summed E-state index contributed by atoms with van der Waals surface area (Å²) in [6.45, 7) is -0.897. The summed E-state index contributed by atoms with van der Waals surface area (Å²) in [5, 5.41) is 6.05. The number of hydrazone groups is 1. The van der Waals surface area contributed by atoms with Gasteiger partial charge >= 0.3 is 5.97 Å². The van der Waals surface area contributed by atoms with Gasteiger partial charge < -0.3 is 14.2 Å². The first-order valence-electron chi connectivity index (χ1n) is 13.0. The number of carbonyl (C=O) groups is 2. The molecule has 2 unspecified atom stereocenters. The van der Waals surface area contributed by atoms with Crippen LogP contribution < -0.4 is 9.47 Å². The van der Waals surface area contributed by atoms with E-state index in [9.17, 15) is 18.4 Å². The fourth-order valence-electron chi connectivity index (χ4n) is 5.02. The van der Waals surface area contributed by atoms with Gasteiger partial charge in [0.05, 0.1) is 18.9 Å². The second-order valence-electron chi connectivity index (χ2n) is 9.56. The minimum Gasteiger partial charge on any atom is -0.497 e. The van der Waals surface area contributed by atoms with Gasteiger partial charge in [-0.2, -0.15) is 5.10 Å². The molecule has 7 nitrogen and oxygen atoms in total. The number of amides is 1. The molecule has 2 atom stereocenters. The van der Waals surface area contributed by atoms with Crippen molar-refractivity contribution in [3.8, 4) is 11.5 Å². The van der Waals surface area contributed by atoms with E-state index >= 15 is 0 Å². The summed E-state index contributed by atoms with van der Waals surface area (Å²) in [5.41, 5.74) is 3.27. The largest absolute Gasteiger partial charge is 0.497 e. The highest BCUT2D eigenvalue weighted by molar-refractivity contribution is 6.08. The standard InChI is InChI=1S/C31H28F2N2O5/c1-38-25-13-15-26(16-14-25)39-19-29(37)40-18-28(36)35-31(21-7-11-24(33)12-8-21)27-4-2-3-22(30(27)34-35)17-20-5-9-23(32)10-6-20/h5-17,27,31H,2-4,18-19H2,1H3. The van der Waals surface area contributed by atoms with Crippen LogP contribution in [-0.2, 0) is 14.3 Å². The van der Waals surface area contributed by atoms with Crippen molar-refractivity contribution in [2.45, 2.75) is 25.3 Å². The molecule has 0 radical (unpaired) electrons. The van der Waals surface area contributed by atoms with Gasteiger partial charge in [-0.15, -0.1) is 0 Å². The van der Waals surface area contributed by atoms with E-state index in [1.54, 1.807) is 55.6 Å². The number of hydrogen-bond donors (Lipinski definition) is 0. The predicted molar refractivity (Wildman–Crippen MR) is 145 cm³/mol. The number of esters is 1. The summed E-state index contributed by atoms with van der Waals surface area (Å²) in [6, 6.07) is 18.4. The minimum absolute atomic E-state index is 0.121. The number of halogens is 2. The average Bonchev–Trinajstić information content (AvgIpc) is 3.37. The van der Waals surface area contributed by atoms with Crippen molar-refractivity contribution in [3.05, 3.63) is 101 Å². The lowest BCUT2D eigenvalue weighted by Crippen LogP contribution is -2.35. The van der Waals surface area contributed by atoms with Crippen LogP contribution in [0, 0.1) is 17.6 Å². The second kappa shape index (κ2) is 12.1. The molecule has 5 rings (SSSR count). The number of carbonyl (C=O) groups excluding carboxylic acids is 2. The molecule has 2 aliphatic rings. The Morgan fingerprint density at radius 2 is 1.57 bits per heavy atom. The molecule has 0 N–H and O–H groups in total. The van der Waals surface area contributed by atoms with Crippen molar-refractivity contribution in [1.82, 2.24) is 5.01 Å². The highest BCUT2D eigenvalue weighted by atomic mass is 19.1. The van der Waals surface area contributed by atoms with Gasteiger partial charge in [0.25, 0.3) is 5.91 Å². The fourth-order valence-corrected chi connectivity index (χ4v) is 5.02. The van der Waals surface area contributed by atoms with Crippen molar-refractivity contribution in [2.75, 3.05) is 20.3 Å². The third-order valence-corrected chi connectivity index (χ3v) is 6.95. The third kappa shape index (κ3) is 6.20. The van der Waals surface area contributed by atoms with E-state index in [0.29, 0.717) is 11.5 Å². The molecule has 0 bridgehead atoms. The first kappa shape index (κ1) is 27.1. The molecular weight excluding hydrogens is 518 g/mol. The van der Waals surface area contributed by atoms with Crippen molar-refractivity contribution in [2.24, 2.45) is 11.0 Å². The maximum absolute atomic E-state index is 13.7. The zero-order valence-electron chi connectivity index (χ0n) is 21.9. The molecule has 1 aliphatic carbocycles. The highest BCUT2D eigenvalue weighted by Gasteiger charge is 2.43. The third-order valence-electron chi connectivity index (χ3n) is 6.95. The lowest BCUT2D eigenvalue weighted by Gasteiger charge is -2.29. The SMILES string of the molecule is COc1ccc(OCC(=O)OCC(=O)N2N=C3C(=Cc4ccc(F)cc4)CCCC3C2c2ccc(F)cc2)cc1. The van der Waals surface area contributed by atoms with Gasteiger partial charge in [-0.05, 0) is 90.6 Å². The normalized spacial score (nSPS) is 19.1. The summed E-state index contributed by atoms with van der Waals surface area (Å²) >= 11 is 0. The Bertz CT molecular complexity index is 1420. The van der Waals surface area contributed by atoms with Crippen LogP contribution in [0.1, 0.15) is 36.4 Å². The molecule has 3 aromatic rings. The van der Waals surface area contributed by atoms with E-state index in [0.717, 1.165) is 41.7 Å². The number of ether oxygens (including phenoxy) is 3. The Balaban J connectivity index is 1.32. The Morgan fingerprint density at radius 3 is 2.25 bits per heavy atom. The number of methoxy groups -OCH3 is 1. The molecule has 9 heteroatoms. The molecule has 0 aromatic heterocycles. The molecule has 206 valence electrons. The zero-order valence-corrected chi connectivity index (χ0v) is 21.9. The van der Waals surface area contributed by atoms with E-state index < -0.39 is 24.5 Å². The predicted octanol–water partition coefficient (Wildman–Crippen LogP) is 5.72. The van der Waals surface area contributed by atoms with Crippen LogP contribution in [0.25, 0.3) is 6.08 Å². The van der Waals surface area contributed by atoms with Crippen molar-refractivity contribution in [3.63, 3.8) is 0 Å². The number of benzene rings is 3. The van der Waals surface area contributed by atoms with Crippen molar-refractivity contribution < 1.29 is 32.6 Å². The molecule has 0 spiro atoms. The number of allylic oxidation sites excluding steroid dienone is 1. The molecular formula is C31H28F2N2O5. The Kier molecular flexibility index (Phi) is 8.19. The van der Waals surface area contributed by atoms with Gasteiger partial charge in [-0.1, -0.05) is 24.3 Å². The number of nitrogens with zero attached hydrogens (tertiary/aromatic N) is 2. The van der Waals surface area contributed by atoms with Gasteiger partial charge in [0, 0.05) is 5.92 Å². The molecule has 1 heterocycles. The van der Waals surface area contributed by atoms with Crippen LogP contribution in [-0.4, -0.2) is 42.9 Å². The van der Waals surface area contributed by atoms with Gasteiger partial charge in [-0.25, -0.2) is 18.6 Å². The van der Waals surface area contributed by atoms with E-state index in [2.05, 4.69) is 0 Å². The monoisotopic (exact) mass is 546 g/mol. The molecule has 0 saturated heterocycles. The van der Waals surface area contributed by atoms with Crippen molar-refractivity contribution >= 4 is 23.7 Å². The molecule has 1 amide bonds. The van der Waals surface area contributed by atoms with Gasteiger partial charge in [0.2, 0.25) is 0 Å². The van der Waals surface area contributed by atoms with E-state index in [1.165, 1.54) is 29.3 Å². The maximum Gasteiger partial charge on any atom is 0.344 e. The number of fused-ring (bicyclic) bond motifs is 1. The van der Waals surface area contributed by atoms with Gasteiger partial charge in [0.1, 0.15) is 23.1 Å². The molecule has 1 aliphatic heterocycles. The average molecular weight is 547 g/mol. The molecule has 40 heavy (non-hydrogen) atoms. The van der Waals surface area contributed by atoms with Crippen LogP contribution in [0.4, 0.5) is 8.78 Å². The van der Waals surface area contributed by atoms with Gasteiger partial charge in [0.15, 0.2) is 13.2 Å². The minimum atomic E-state index is -0.705. The summed E-state index contributed by atoms with van der Waals surface area (Å²) in [4.78, 5) is 25.7. The number of hydrogen-bond acceptors (Lipinski definition) is 6. The first-order chi connectivity index (χ1) is 19.4. The lowest BCUT2D eigenvalue weighted by atomic mass is 9.77. The van der Waals surface area contributed by atoms with Crippen molar-refractivity contribution in [1.29, 1.82) is 0 Å². The summed E-state index contributed by atoms with van der Waals surface area (Å²) in [5.74, 6) is -0.926. The first-order valence-corrected chi connectivity index (χ1v) is 13.0. The lowest BCUT2D eigenvalue weighted by molar-refractivity contribution is -0.154. The smallest absolute Gasteiger partial charge is 0.344 e. The van der Waals surface area contributed by atoms with Crippen LogP contribution in [0.15, 0.2) is 83.5 Å². The van der Waals surface area contributed by atoms with Crippen LogP contribution >= 0.6 is 0 Å². The molecule has 3 aromatic carbocycles. The van der Waals surface area contributed by atoms with Crippen LogP contribution in [0.3, 0.4) is 0 Å². The molecule has 1 fully saturated rings. The maximum atomic E-state index is 13.7. The summed E-state index contributed by atoms with van der Waals surface area (Å²) < 4.78 is 42.9. The van der Waals surface area contributed by atoms with Crippen LogP contribution in [0.2, 0.25) is 0 Å². The zero-order chi connectivity index (χ0) is 28.1. The van der Waals surface area contributed by atoms with E-state index in [1.807, 2.05) is 6.08 Å². The topological polar surface area (TPSA) is 77.4 Å². The van der Waals surface area contributed by atoms with E-state index in [4.69, 9.17) is 19.3 Å². The van der Waals surface area contributed by atoms with Gasteiger partial charge in [-0.3, -0.25) is 4.79 Å². The Labute approximate surface area is 230 Å². The Morgan fingerprint density at radius 1 is 0.925 bits per heavy atom. The molecule has 1 saturated carbocycles. The quantitative estimate of drug-likeness (QED) is 0.338. The Hall–Kier alpha value is -4.53. The summed E-state index contributed by atoms with van der Waals surface area (Å²) in [6.07, 6.45) is 4.36. The van der Waals surface area contributed by atoms with E-state index in [-0.39, 0.29) is 24.2 Å². The van der Waals surface area contributed by atoms with Crippen LogP contribution in [0.5, 0.6) is 11.5 Å². The second-order valence-corrected chi connectivity index (χ2v) is 9.56. The summed E-state index contributed by atoms with van der Waals surface area (Å²) in [7, 11) is 1.55.